The Morgan fingerprint density at radius 3 is 2.60 bits per heavy atom. The maximum Gasteiger partial charge on any atom is 0.273 e. The van der Waals surface area contributed by atoms with Crippen LogP contribution in [0.3, 0.4) is 0 Å². The van der Waals surface area contributed by atoms with E-state index in [1.807, 2.05) is 49.1 Å². The number of benzene rings is 1. The third kappa shape index (κ3) is 3.26. The molecule has 3 rings (SSSR count). The number of hydrogen-bond acceptors (Lipinski definition) is 4. The molecule has 5 heteroatoms. The lowest BCUT2D eigenvalue weighted by atomic mass is 9.98. The van der Waals surface area contributed by atoms with E-state index in [4.69, 9.17) is 10.00 Å². The Bertz CT molecular complexity index is 813. The van der Waals surface area contributed by atoms with Gasteiger partial charge < -0.3 is 9.64 Å². The molecule has 1 aromatic carbocycles. The zero-order chi connectivity index (χ0) is 18.0. The number of carbonyl (C=O) groups is 1. The normalized spacial score (nSPS) is 23.1. The SMILES string of the molecule is Cc1nc(C(=O)N2[C@H](C)CO[C@H](c3ccccc3)[C@H]2C)ccc1C#N. The van der Waals surface area contributed by atoms with Crippen LogP contribution in [0.5, 0.6) is 0 Å². The molecule has 0 unspecified atom stereocenters. The molecular formula is C20H21N3O2. The lowest BCUT2D eigenvalue weighted by Gasteiger charge is -2.43. The highest BCUT2D eigenvalue weighted by Crippen LogP contribution is 2.31. The van der Waals surface area contributed by atoms with Crippen molar-refractivity contribution in [3.63, 3.8) is 0 Å². The number of hydrogen-bond donors (Lipinski definition) is 0. The molecule has 1 aliphatic rings. The predicted octanol–water partition coefficient (Wildman–Crippen LogP) is 3.25. The fourth-order valence-corrected chi connectivity index (χ4v) is 3.34. The Hall–Kier alpha value is -2.71. The quantitative estimate of drug-likeness (QED) is 0.845. The summed E-state index contributed by atoms with van der Waals surface area (Å²) in [5.41, 5.74) is 2.48. The maximum atomic E-state index is 13.1. The number of aromatic nitrogens is 1. The Morgan fingerprint density at radius 2 is 1.96 bits per heavy atom. The third-order valence-electron chi connectivity index (χ3n) is 4.66. The van der Waals surface area contributed by atoms with Crippen LogP contribution < -0.4 is 0 Å². The van der Waals surface area contributed by atoms with Crippen molar-refractivity contribution in [1.82, 2.24) is 9.88 Å². The van der Waals surface area contributed by atoms with Crippen LogP contribution in [0.4, 0.5) is 0 Å². The van der Waals surface area contributed by atoms with Crippen molar-refractivity contribution in [3.8, 4) is 6.07 Å². The smallest absolute Gasteiger partial charge is 0.273 e. The number of ether oxygens (including phenoxy) is 1. The molecule has 0 saturated carbocycles. The second-order valence-electron chi connectivity index (χ2n) is 6.41. The van der Waals surface area contributed by atoms with E-state index in [-0.39, 0.29) is 24.1 Å². The summed E-state index contributed by atoms with van der Waals surface area (Å²) in [5, 5.41) is 9.04. The van der Waals surface area contributed by atoms with Crippen molar-refractivity contribution in [2.75, 3.05) is 6.61 Å². The molecule has 0 spiro atoms. The molecule has 0 bridgehead atoms. The van der Waals surface area contributed by atoms with Crippen molar-refractivity contribution in [1.29, 1.82) is 5.26 Å². The van der Waals surface area contributed by atoms with Crippen LogP contribution in [-0.2, 0) is 4.74 Å². The van der Waals surface area contributed by atoms with Gasteiger partial charge in [0.15, 0.2) is 0 Å². The van der Waals surface area contributed by atoms with Crippen LogP contribution in [0.15, 0.2) is 42.5 Å². The molecule has 1 saturated heterocycles. The molecule has 2 heterocycles. The van der Waals surface area contributed by atoms with Crippen molar-refractivity contribution >= 4 is 5.91 Å². The van der Waals surface area contributed by atoms with E-state index in [0.29, 0.717) is 23.6 Å². The second-order valence-corrected chi connectivity index (χ2v) is 6.41. The predicted molar refractivity (Wildman–Crippen MR) is 93.9 cm³/mol. The van der Waals surface area contributed by atoms with Crippen LogP contribution in [0, 0.1) is 18.3 Å². The summed E-state index contributed by atoms with van der Waals surface area (Å²) in [4.78, 5) is 19.2. The first-order valence-electron chi connectivity index (χ1n) is 8.40. The monoisotopic (exact) mass is 335 g/mol. The van der Waals surface area contributed by atoms with E-state index in [2.05, 4.69) is 11.1 Å². The topological polar surface area (TPSA) is 66.2 Å². The zero-order valence-corrected chi connectivity index (χ0v) is 14.6. The van der Waals surface area contributed by atoms with Gasteiger partial charge in [-0.15, -0.1) is 0 Å². The minimum atomic E-state index is -0.166. The van der Waals surface area contributed by atoms with Crippen LogP contribution in [0.1, 0.15) is 47.3 Å². The molecule has 128 valence electrons. The highest BCUT2D eigenvalue weighted by Gasteiger charge is 2.37. The molecule has 1 fully saturated rings. The highest BCUT2D eigenvalue weighted by molar-refractivity contribution is 5.93. The number of amides is 1. The van der Waals surface area contributed by atoms with Crippen molar-refractivity contribution < 1.29 is 9.53 Å². The van der Waals surface area contributed by atoms with Gasteiger partial charge in [0, 0.05) is 0 Å². The number of carbonyl (C=O) groups excluding carboxylic acids is 1. The standard InChI is InChI=1S/C20H21N3O2/c1-13-12-25-19(16-7-5-4-6-8-16)15(3)23(13)20(24)18-10-9-17(11-21)14(2)22-18/h4-10,13,15,19H,12H2,1-3H3/t13-,15-,19+/m1/s1. The van der Waals surface area contributed by atoms with Crippen molar-refractivity contribution in [2.45, 2.75) is 39.0 Å². The number of pyridine rings is 1. The van der Waals surface area contributed by atoms with E-state index in [1.54, 1.807) is 19.1 Å². The lowest BCUT2D eigenvalue weighted by molar-refractivity contribution is -0.0807. The van der Waals surface area contributed by atoms with Gasteiger partial charge in [-0.2, -0.15) is 5.26 Å². The molecule has 0 radical (unpaired) electrons. The largest absolute Gasteiger partial charge is 0.369 e. The first-order chi connectivity index (χ1) is 12.0. The summed E-state index contributed by atoms with van der Waals surface area (Å²) in [6.45, 7) is 6.20. The van der Waals surface area contributed by atoms with E-state index < -0.39 is 0 Å². The summed E-state index contributed by atoms with van der Waals surface area (Å²) in [6.07, 6.45) is -0.166. The molecule has 0 aliphatic carbocycles. The van der Waals surface area contributed by atoms with E-state index >= 15 is 0 Å². The van der Waals surface area contributed by atoms with Gasteiger partial charge in [0.25, 0.3) is 5.91 Å². The first-order valence-corrected chi connectivity index (χ1v) is 8.40. The Balaban J connectivity index is 1.90. The average Bonchev–Trinajstić information content (AvgIpc) is 2.62. The van der Waals surface area contributed by atoms with Crippen molar-refractivity contribution in [3.05, 3.63) is 65.0 Å². The van der Waals surface area contributed by atoms with Gasteiger partial charge in [0.1, 0.15) is 17.9 Å². The van der Waals surface area contributed by atoms with Gasteiger partial charge in [-0.25, -0.2) is 4.98 Å². The summed E-state index contributed by atoms with van der Waals surface area (Å²) >= 11 is 0. The van der Waals surface area contributed by atoms with E-state index in [1.165, 1.54) is 0 Å². The fourth-order valence-electron chi connectivity index (χ4n) is 3.34. The lowest BCUT2D eigenvalue weighted by Crippen LogP contribution is -2.53. The minimum Gasteiger partial charge on any atom is -0.369 e. The highest BCUT2D eigenvalue weighted by atomic mass is 16.5. The molecule has 2 aromatic rings. The average molecular weight is 335 g/mol. The summed E-state index contributed by atoms with van der Waals surface area (Å²) in [7, 11) is 0. The van der Waals surface area contributed by atoms with Gasteiger partial charge >= 0.3 is 0 Å². The number of aryl methyl sites for hydroxylation is 1. The maximum absolute atomic E-state index is 13.1. The minimum absolute atomic E-state index is 0.0415. The van der Waals surface area contributed by atoms with Gasteiger partial charge in [-0.3, -0.25) is 4.79 Å². The molecule has 5 nitrogen and oxygen atoms in total. The van der Waals surface area contributed by atoms with Gasteiger partial charge in [-0.1, -0.05) is 30.3 Å². The van der Waals surface area contributed by atoms with E-state index in [9.17, 15) is 4.79 Å². The Labute approximate surface area is 147 Å². The van der Waals surface area contributed by atoms with E-state index in [0.717, 1.165) is 5.56 Å². The molecule has 0 N–H and O–H groups in total. The molecule has 1 aliphatic heterocycles. The van der Waals surface area contributed by atoms with Crippen molar-refractivity contribution in [2.24, 2.45) is 0 Å². The van der Waals surface area contributed by atoms with Crippen LogP contribution in [0.2, 0.25) is 0 Å². The molecule has 3 atom stereocenters. The Morgan fingerprint density at radius 1 is 1.24 bits per heavy atom. The zero-order valence-electron chi connectivity index (χ0n) is 14.6. The Kier molecular flexibility index (Phi) is 4.82. The van der Waals surface area contributed by atoms with Crippen LogP contribution >= 0.6 is 0 Å². The number of morpholine rings is 1. The van der Waals surface area contributed by atoms with Gasteiger partial charge in [0.05, 0.1) is 29.9 Å². The number of nitrogens with zero attached hydrogens (tertiary/aromatic N) is 3. The second kappa shape index (κ2) is 7.04. The van der Waals surface area contributed by atoms with Gasteiger partial charge in [-0.05, 0) is 38.5 Å². The summed E-state index contributed by atoms with van der Waals surface area (Å²) < 4.78 is 6.01. The summed E-state index contributed by atoms with van der Waals surface area (Å²) in [6, 6.07) is 15.1. The van der Waals surface area contributed by atoms with Crippen LogP contribution in [0.25, 0.3) is 0 Å². The molecule has 1 aromatic heterocycles. The molecule has 1 amide bonds. The van der Waals surface area contributed by atoms with Crippen LogP contribution in [-0.4, -0.2) is 34.5 Å². The summed E-state index contributed by atoms with van der Waals surface area (Å²) in [5.74, 6) is -0.128. The fraction of sp³-hybridized carbons (Fsp3) is 0.350. The third-order valence-corrected chi connectivity index (χ3v) is 4.66. The molecular weight excluding hydrogens is 314 g/mol. The number of rotatable bonds is 2. The van der Waals surface area contributed by atoms with Gasteiger partial charge in [0.2, 0.25) is 0 Å². The first kappa shape index (κ1) is 17.1. The molecule has 25 heavy (non-hydrogen) atoms. The number of nitriles is 1.